The fraction of sp³-hybridized carbons (Fsp3) is 0.667. The third-order valence-electron chi connectivity index (χ3n) is 4.55. The van der Waals surface area contributed by atoms with Gasteiger partial charge in [-0.2, -0.15) is 11.3 Å². The van der Waals surface area contributed by atoms with E-state index in [1.165, 1.54) is 37.7 Å². The third-order valence-corrected chi connectivity index (χ3v) is 5.25. The van der Waals surface area contributed by atoms with Crippen LogP contribution in [0.3, 0.4) is 0 Å². The molecule has 3 rings (SSSR count). The molecule has 2 heterocycles. The molecule has 1 unspecified atom stereocenters. The Kier molecular flexibility index (Phi) is 3.63. The molecular formula is C15H22N2OS. The van der Waals surface area contributed by atoms with E-state index in [-0.39, 0.29) is 12.1 Å². The molecule has 1 N–H and O–H groups in total. The van der Waals surface area contributed by atoms with Crippen molar-refractivity contribution in [3.8, 4) is 0 Å². The van der Waals surface area contributed by atoms with Gasteiger partial charge in [0.25, 0.3) is 0 Å². The van der Waals surface area contributed by atoms with E-state index in [2.05, 4.69) is 34.0 Å². The molecule has 4 heteroatoms. The molecule has 104 valence electrons. The summed E-state index contributed by atoms with van der Waals surface area (Å²) in [6.07, 6.45) is 6.60. The Morgan fingerprint density at radius 2 is 2.21 bits per heavy atom. The van der Waals surface area contributed by atoms with Gasteiger partial charge in [-0.05, 0) is 40.6 Å². The van der Waals surface area contributed by atoms with E-state index in [0.717, 1.165) is 6.54 Å². The molecule has 1 saturated carbocycles. The Morgan fingerprint density at radius 1 is 1.42 bits per heavy atom. The van der Waals surface area contributed by atoms with E-state index in [0.29, 0.717) is 12.0 Å². The summed E-state index contributed by atoms with van der Waals surface area (Å²) in [4.78, 5) is 14.2. The van der Waals surface area contributed by atoms with Gasteiger partial charge in [-0.1, -0.05) is 26.2 Å². The van der Waals surface area contributed by atoms with Crippen LogP contribution in [0.1, 0.15) is 50.8 Å². The monoisotopic (exact) mass is 278 g/mol. The van der Waals surface area contributed by atoms with Crippen LogP contribution in [-0.4, -0.2) is 23.9 Å². The fourth-order valence-corrected chi connectivity index (χ4v) is 4.10. The predicted octanol–water partition coefficient (Wildman–Crippen LogP) is 3.15. The predicted molar refractivity (Wildman–Crippen MR) is 78.0 cm³/mol. The van der Waals surface area contributed by atoms with Crippen molar-refractivity contribution in [1.29, 1.82) is 0 Å². The van der Waals surface area contributed by atoms with Crippen molar-refractivity contribution >= 4 is 17.2 Å². The van der Waals surface area contributed by atoms with Gasteiger partial charge in [-0.15, -0.1) is 0 Å². The highest BCUT2D eigenvalue weighted by molar-refractivity contribution is 7.07. The van der Waals surface area contributed by atoms with Gasteiger partial charge >= 0.3 is 0 Å². The Hall–Kier alpha value is -0.870. The lowest BCUT2D eigenvalue weighted by molar-refractivity contribution is -0.129. The number of nitrogens with one attached hydrogen (secondary N) is 1. The average Bonchev–Trinajstić information content (AvgIpc) is 3.01. The number of nitrogens with zero attached hydrogens (tertiary/aromatic N) is 1. The van der Waals surface area contributed by atoms with Crippen LogP contribution in [-0.2, 0) is 4.79 Å². The number of thiophene rings is 1. The van der Waals surface area contributed by atoms with Crippen molar-refractivity contribution in [3.63, 3.8) is 0 Å². The van der Waals surface area contributed by atoms with E-state index in [4.69, 9.17) is 0 Å². The lowest BCUT2D eigenvalue weighted by atomic mass is 9.75. The summed E-state index contributed by atoms with van der Waals surface area (Å²) in [5, 5.41) is 7.58. The topological polar surface area (TPSA) is 32.3 Å². The van der Waals surface area contributed by atoms with Gasteiger partial charge in [0.1, 0.15) is 6.17 Å². The molecule has 1 aromatic heterocycles. The molecule has 1 aliphatic carbocycles. The van der Waals surface area contributed by atoms with Crippen LogP contribution in [0.15, 0.2) is 16.8 Å². The second-order valence-corrected chi connectivity index (χ2v) is 7.01. The van der Waals surface area contributed by atoms with Gasteiger partial charge in [0.2, 0.25) is 5.91 Å². The van der Waals surface area contributed by atoms with Crippen LogP contribution in [0, 0.1) is 5.41 Å². The largest absolute Gasteiger partial charge is 0.321 e. The molecule has 19 heavy (non-hydrogen) atoms. The highest BCUT2D eigenvalue weighted by Gasteiger charge is 2.37. The SMILES string of the molecule is CC1(CN2C(=O)CNC2c2ccsc2)CCCCC1. The molecule has 0 spiro atoms. The van der Waals surface area contributed by atoms with Crippen LogP contribution < -0.4 is 5.32 Å². The average molecular weight is 278 g/mol. The minimum absolute atomic E-state index is 0.0949. The Labute approximate surface area is 119 Å². The van der Waals surface area contributed by atoms with Crippen molar-refractivity contribution in [2.45, 2.75) is 45.2 Å². The normalized spacial score (nSPS) is 26.9. The minimum Gasteiger partial charge on any atom is -0.321 e. The first kappa shape index (κ1) is 13.1. The molecule has 3 nitrogen and oxygen atoms in total. The van der Waals surface area contributed by atoms with Gasteiger partial charge in [0.05, 0.1) is 6.54 Å². The van der Waals surface area contributed by atoms with E-state index in [9.17, 15) is 4.79 Å². The van der Waals surface area contributed by atoms with Crippen LogP contribution in [0.4, 0.5) is 0 Å². The molecule has 2 fully saturated rings. The molecule has 1 atom stereocenters. The molecule has 0 bridgehead atoms. The highest BCUT2D eigenvalue weighted by Crippen LogP contribution is 2.38. The van der Waals surface area contributed by atoms with Gasteiger partial charge in [-0.3, -0.25) is 10.1 Å². The number of hydrogen-bond donors (Lipinski definition) is 1. The second kappa shape index (κ2) is 5.25. The Balaban J connectivity index is 1.75. The first-order valence-corrected chi connectivity index (χ1v) is 8.17. The summed E-state index contributed by atoms with van der Waals surface area (Å²) in [6.45, 7) is 3.73. The molecule has 2 aliphatic rings. The molecule has 1 amide bonds. The quantitative estimate of drug-likeness (QED) is 0.921. The van der Waals surface area contributed by atoms with Crippen LogP contribution in [0.25, 0.3) is 0 Å². The number of carbonyl (C=O) groups is 1. The maximum atomic E-state index is 12.2. The minimum atomic E-state index is 0.0949. The van der Waals surface area contributed by atoms with Crippen LogP contribution in [0.2, 0.25) is 0 Å². The van der Waals surface area contributed by atoms with Crippen LogP contribution >= 0.6 is 11.3 Å². The summed E-state index contributed by atoms with van der Waals surface area (Å²) >= 11 is 1.70. The smallest absolute Gasteiger partial charge is 0.238 e. The second-order valence-electron chi connectivity index (χ2n) is 6.23. The Bertz CT molecular complexity index is 437. The van der Waals surface area contributed by atoms with Gasteiger partial charge in [0.15, 0.2) is 0 Å². The van der Waals surface area contributed by atoms with Crippen molar-refractivity contribution in [1.82, 2.24) is 10.2 Å². The standard InChI is InChI=1S/C15H22N2OS/c1-15(6-3-2-4-7-15)11-17-13(18)9-16-14(17)12-5-8-19-10-12/h5,8,10,14,16H,2-4,6-7,9,11H2,1H3. The summed E-state index contributed by atoms with van der Waals surface area (Å²) in [7, 11) is 0. The van der Waals surface area contributed by atoms with Crippen molar-refractivity contribution in [3.05, 3.63) is 22.4 Å². The summed E-state index contributed by atoms with van der Waals surface area (Å²) in [5.41, 5.74) is 1.55. The molecule has 1 aliphatic heterocycles. The van der Waals surface area contributed by atoms with Crippen molar-refractivity contribution < 1.29 is 4.79 Å². The first-order chi connectivity index (χ1) is 9.18. The lowest BCUT2D eigenvalue weighted by Gasteiger charge is -2.38. The van der Waals surface area contributed by atoms with Crippen molar-refractivity contribution in [2.75, 3.05) is 13.1 Å². The van der Waals surface area contributed by atoms with Crippen molar-refractivity contribution in [2.24, 2.45) is 5.41 Å². The van der Waals surface area contributed by atoms with E-state index >= 15 is 0 Å². The van der Waals surface area contributed by atoms with Crippen LogP contribution in [0.5, 0.6) is 0 Å². The summed E-state index contributed by atoms with van der Waals surface area (Å²) < 4.78 is 0. The summed E-state index contributed by atoms with van der Waals surface area (Å²) in [6, 6.07) is 2.12. The number of amides is 1. The first-order valence-electron chi connectivity index (χ1n) is 7.23. The van der Waals surface area contributed by atoms with E-state index in [1.807, 2.05) is 0 Å². The van der Waals surface area contributed by atoms with Gasteiger partial charge < -0.3 is 4.90 Å². The lowest BCUT2D eigenvalue weighted by Crippen LogP contribution is -2.40. The molecular weight excluding hydrogens is 256 g/mol. The number of rotatable bonds is 3. The zero-order valence-electron chi connectivity index (χ0n) is 11.5. The molecule has 0 radical (unpaired) electrons. The number of carbonyl (C=O) groups excluding carboxylic acids is 1. The fourth-order valence-electron chi connectivity index (χ4n) is 3.42. The van der Waals surface area contributed by atoms with E-state index < -0.39 is 0 Å². The van der Waals surface area contributed by atoms with Gasteiger partial charge in [-0.25, -0.2) is 0 Å². The number of hydrogen-bond acceptors (Lipinski definition) is 3. The van der Waals surface area contributed by atoms with E-state index in [1.54, 1.807) is 11.3 Å². The maximum Gasteiger partial charge on any atom is 0.238 e. The summed E-state index contributed by atoms with van der Waals surface area (Å²) in [5.74, 6) is 0.253. The highest BCUT2D eigenvalue weighted by atomic mass is 32.1. The zero-order valence-corrected chi connectivity index (χ0v) is 12.3. The molecule has 0 aromatic carbocycles. The molecule has 1 saturated heterocycles. The zero-order chi connectivity index (χ0) is 13.3. The van der Waals surface area contributed by atoms with Gasteiger partial charge in [0, 0.05) is 6.54 Å². The maximum absolute atomic E-state index is 12.2. The third kappa shape index (κ3) is 2.70. The Morgan fingerprint density at radius 3 is 2.89 bits per heavy atom. The molecule has 1 aromatic rings.